The van der Waals surface area contributed by atoms with Crippen LogP contribution in [0.3, 0.4) is 0 Å². The van der Waals surface area contributed by atoms with Gasteiger partial charge in [-0.1, -0.05) is 115 Å². The SMILES string of the molecule is O=C(Oc1c(F)c(F)c(S(=O)(=O)[O-])c(F)c1F)c1c(-c2ccc3c(ccc4ccccc43)c2)cccc1-c1ccc2ccc3ccccc3c2c1. The number of esters is 1. The number of hydrogen-bond donors (Lipinski definition) is 0. The molecule has 0 aliphatic rings. The molecular weight excluding hydrogens is 681 g/mol. The van der Waals surface area contributed by atoms with E-state index in [1.807, 2.05) is 97.1 Å². The molecule has 8 aromatic carbocycles. The quantitative estimate of drug-likeness (QED) is 0.0445. The van der Waals surface area contributed by atoms with Gasteiger partial charge in [0.1, 0.15) is 15.0 Å². The second-order valence-corrected chi connectivity index (χ2v) is 13.2. The molecule has 51 heavy (non-hydrogen) atoms. The molecule has 0 atom stereocenters. The molecule has 0 saturated carbocycles. The number of halogens is 4. The Kier molecular flexibility index (Phi) is 7.59. The van der Waals surface area contributed by atoms with Crippen molar-refractivity contribution in [3.8, 4) is 28.0 Å². The molecule has 8 aromatic rings. The summed E-state index contributed by atoms with van der Waals surface area (Å²) in [6.45, 7) is 0. The first-order valence-corrected chi connectivity index (χ1v) is 16.9. The maximum atomic E-state index is 15.1. The molecule has 0 amide bonds. The highest BCUT2D eigenvalue weighted by atomic mass is 32.2. The molecule has 0 fully saturated rings. The maximum Gasteiger partial charge on any atom is 0.345 e. The summed E-state index contributed by atoms with van der Waals surface area (Å²) in [5, 5.41) is 7.43. The number of carbonyl (C=O) groups excluding carboxylic acids is 1. The average Bonchev–Trinajstić information content (AvgIpc) is 3.14. The summed E-state index contributed by atoms with van der Waals surface area (Å²) >= 11 is 0. The lowest BCUT2D eigenvalue weighted by molar-refractivity contribution is 0.0718. The maximum absolute atomic E-state index is 15.1. The molecule has 0 aromatic heterocycles. The van der Waals surface area contributed by atoms with Gasteiger partial charge in [-0.2, -0.15) is 8.78 Å². The Morgan fingerprint density at radius 3 is 1.59 bits per heavy atom. The van der Waals surface area contributed by atoms with Gasteiger partial charge in [0, 0.05) is 0 Å². The summed E-state index contributed by atoms with van der Waals surface area (Å²) in [4.78, 5) is 11.8. The van der Waals surface area contributed by atoms with E-state index in [9.17, 15) is 26.5 Å². The molecule has 0 spiro atoms. The Morgan fingerprint density at radius 2 is 0.980 bits per heavy atom. The zero-order valence-corrected chi connectivity index (χ0v) is 26.9. The zero-order chi connectivity index (χ0) is 35.6. The van der Waals surface area contributed by atoms with Crippen molar-refractivity contribution >= 4 is 59.2 Å². The lowest BCUT2D eigenvalue weighted by Gasteiger charge is -2.18. The van der Waals surface area contributed by atoms with E-state index in [4.69, 9.17) is 4.74 Å². The van der Waals surface area contributed by atoms with Gasteiger partial charge in [-0.3, -0.25) is 0 Å². The highest BCUT2D eigenvalue weighted by Gasteiger charge is 2.32. The van der Waals surface area contributed by atoms with Gasteiger partial charge in [-0.05, 0) is 77.5 Å². The Hall–Kier alpha value is -6.10. The van der Waals surface area contributed by atoms with Crippen LogP contribution in [0.25, 0.3) is 65.3 Å². The summed E-state index contributed by atoms with van der Waals surface area (Å²) in [6, 6.07) is 39.2. The second-order valence-electron chi connectivity index (χ2n) is 11.9. The number of hydrogen-bond acceptors (Lipinski definition) is 5. The molecule has 0 unspecified atom stereocenters. The minimum Gasteiger partial charge on any atom is -0.744 e. The smallest absolute Gasteiger partial charge is 0.345 e. The number of benzene rings is 8. The van der Waals surface area contributed by atoms with Crippen molar-refractivity contribution in [3.63, 3.8) is 0 Å². The molecular formula is C41H21F4O5S-. The molecule has 250 valence electrons. The molecule has 8 rings (SSSR count). The Labute approximate surface area is 287 Å². The van der Waals surface area contributed by atoms with Gasteiger partial charge >= 0.3 is 5.97 Å². The lowest BCUT2D eigenvalue weighted by Crippen LogP contribution is -2.17. The van der Waals surface area contributed by atoms with Gasteiger partial charge < -0.3 is 9.29 Å². The fourth-order valence-electron chi connectivity index (χ4n) is 6.65. The lowest BCUT2D eigenvalue weighted by atomic mass is 9.89. The first kappa shape index (κ1) is 32.1. The topological polar surface area (TPSA) is 83.5 Å². The predicted octanol–water partition coefficient (Wildman–Crippen LogP) is 10.3. The fourth-order valence-corrected chi connectivity index (χ4v) is 7.27. The van der Waals surface area contributed by atoms with Gasteiger partial charge in [-0.15, -0.1) is 0 Å². The highest BCUT2D eigenvalue weighted by Crippen LogP contribution is 2.39. The van der Waals surface area contributed by atoms with Crippen LogP contribution in [0.2, 0.25) is 0 Å². The van der Waals surface area contributed by atoms with E-state index in [0.717, 1.165) is 43.1 Å². The van der Waals surface area contributed by atoms with Gasteiger partial charge in [0.25, 0.3) is 0 Å². The third-order valence-electron chi connectivity index (χ3n) is 9.01. The van der Waals surface area contributed by atoms with Crippen LogP contribution in [0, 0.1) is 23.3 Å². The van der Waals surface area contributed by atoms with Crippen LogP contribution in [0.5, 0.6) is 5.75 Å². The van der Waals surface area contributed by atoms with Crippen molar-refractivity contribution in [2.45, 2.75) is 4.90 Å². The molecule has 5 nitrogen and oxygen atoms in total. The van der Waals surface area contributed by atoms with Crippen molar-refractivity contribution in [3.05, 3.63) is 156 Å². The highest BCUT2D eigenvalue weighted by molar-refractivity contribution is 7.85. The van der Waals surface area contributed by atoms with Crippen LogP contribution in [0.4, 0.5) is 17.6 Å². The standard InChI is InChI=1S/C41H22F4O5S/c42-35-37(44)40(51(47,48)49)38(45)36(43)39(35)50-41(46)34-31(26-18-19-30-25(20-26)16-14-22-6-1-3-8-28(22)30)10-5-11-32(34)27-17-15-24-13-12-23-7-2-4-9-29(23)33(24)21-27/h1-21H,(H,47,48,49)/p-1. The monoisotopic (exact) mass is 701 g/mol. The third kappa shape index (κ3) is 5.36. The van der Waals surface area contributed by atoms with Crippen LogP contribution in [-0.2, 0) is 10.1 Å². The van der Waals surface area contributed by atoms with E-state index >= 15 is 8.78 Å². The van der Waals surface area contributed by atoms with Gasteiger partial charge in [0.15, 0.2) is 11.6 Å². The molecule has 0 aliphatic carbocycles. The minimum atomic E-state index is -5.98. The molecule has 0 radical (unpaired) electrons. The molecule has 0 heterocycles. The van der Waals surface area contributed by atoms with Gasteiger partial charge in [0.05, 0.1) is 5.56 Å². The van der Waals surface area contributed by atoms with Crippen molar-refractivity contribution in [2.24, 2.45) is 0 Å². The van der Waals surface area contributed by atoms with Crippen molar-refractivity contribution < 1.29 is 40.1 Å². The molecule has 10 heteroatoms. The van der Waals surface area contributed by atoms with E-state index < -0.39 is 50.0 Å². The zero-order valence-electron chi connectivity index (χ0n) is 26.1. The van der Waals surface area contributed by atoms with Gasteiger partial charge in [-0.25, -0.2) is 22.0 Å². The normalized spacial score (nSPS) is 11.9. The van der Waals surface area contributed by atoms with E-state index in [1.54, 1.807) is 30.3 Å². The van der Waals surface area contributed by atoms with Crippen LogP contribution in [0.1, 0.15) is 10.4 Å². The number of rotatable bonds is 5. The molecule has 0 aliphatic heterocycles. The van der Waals surface area contributed by atoms with Crippen LogP contribution >= 0.6 is 0 Å². The third-order valence-corrected chi connectivity index (χ3v) is 9.87. The Morgan fingerprint density at radius 1 is 0.510 bits per heavy atom. The van der Waals surface area contributed by atoms with Crippen molar-refractivity contribution in [2.75, 3.05) is 0 Å². The van der Waals surface area contributed by atoms with E-state index in [1.165, 1.54) is 0 Å². The first-order valence-electron chi connectivity index (χ1n) is 15.5. The summed E-state index contributed by atoms with van der Waals surface area (Å²) in [5.41, 5.74) is 1.38. The molecule has 0 saturated heterocycles. The average molecular weight is 702 g/mol. The summed E-state index contributed by atoms with van der Waals surface area (Å²) < 4.78 is 98.9. The van der Waals surface area contributed by atoms with Crippen LogP contribution < -0.4 is 4.74 Å². The minimum absolute atomic E-state index is 0.197. The first-order chi connectivity index (χ1) is 24.5. The fraction of sp³-hybridized carbons (Fsp3) is 0. The number of carbonyl (C=O) groups is 1. The van der Waals surface area contributed by atoms with Crippen molar-refractivity contribution in [1.82, 2.24) is 0 Å². The Balaban J connectivity index is 1.35. The Bertz CT molecular complexity index is 2860. The van der Waals surface area contributed by atoms with E-state index in [2.05, 4.69) is 0 Å². The number of fused-ring (bicyclic) bond motifs is 6. The number of ether oxygens (including phenoxy) is 1. The van der Waals surface area contributed by atoms with E-state index in [-0.39, 0.29) is 16.7 Å². The summed E-state index contributed by atoms with van der Waals surface area (Å²) in [7, 11) is -5.98. The van der Waals surface area contributed by atoms with Crippen LogP contribution in [0.15, 0.2) is 132 Å². The summed E-state index contributed by atoms with van der Waals surface area (Å²) in [6.07, 6.45) is 0. The van der Waals surface area contributed by atoms with Crippen molar-refractivity contribution in [1.29, 1.82) is 0 Å². The second kappa shape index (κ2) is 12.0. The molecule has 0 N–H and O–H groups in total. The van der Waals surface area contributed by atoms with Gasteiger partial charge in [0.2, 0.25) is 17.4 Å². The molecule has 0 bridgehead atoms. The largest absolute Gasteiger partial charge is 0.744 e. The predicted molar refractivity (Wildman–Crippen MR) is 187 cm³/mol. The van der Waals surface area contributed by atoms with E-state index in [0.29, 0.717) is 11.1 Å². The van der Waals surface area contributed by atoms with Crippen LogP contribution in [-0.4, -0.2) is 18.9 Å². The summed E-state index contributed by atoms with van der Waals surface area (Å²) in [5.74, 6) is -13.0.